The minimum Gasteiger partial charge on any atom is -0.467 e. The van der Waals surface area contributed by atoms with Gasteiger partial charge in [-0.15, -0.1) is 0 Å². The van der Waals surface area contributed by atoms with Crippen molar-refractivity contribution >= 4 is 19.2 Å². The van der Waals surface area contributed by atoms with Crippen LogP contribution < -0.4 is 20.7 Å². The molecule has 0 aliphatic heterocycles. The summed E-state index contributed by atoms with van der Waals surface area (Å²) in [6, 6.07) is 14.9. The first-order valence-electron chi connectivity index (χ1n) is 8.21. The van der Waals surface area contributed by atoms with Gasteiger partial charge in [-0.25, -0.2) is 0 Å². The highest BCUT2D eigenvalue weighted by molar-refractivity contribution is 7.55. The van der Waals surface area contributed by atoms with Crippen LogP contribution in [0.15, 0.2) is 42.5 Å². The van der Waals surface area contributed by atoms with E-state index in [0.29, 0.717) is 8.58 Å². The number of methoxy groups -OCH3 is 1. The number of hydrogen-bond donors (Lipinski definition) is 1. The maximum atomic E-state index is 5.71. The fourth-order valence-corrected chi connectivity index (χ4v) is 3.55. The highest BCUT2D eigenvalue weighted by atomic mass is 31.1. The second-order valence-corrected chi connectivity index (χ2v) is 8.26. The molecule has 3 nitrogen and oxygen atoms in total. The Labute approximate surface area is 147 Å². The van der Waals surface area contributed by atoms with E-state index < -0.39 is 0 Å². The van der Waals surface area contributed by atoms with Crippen LogP contribution >= 0.6 is 8.58 Å². The van der Waals surface area contributed by atoms with Gasteiger partial charge in [0.05, 0.1) is 0 Å². The topological polar surface area (TPSA) is 30.5 Å². The van der Waals surface area contributed by atoms with Crippen LogP contribution in [-0.2, 0) is 11.3 Å². The van der Waals surface area contributed by atoms with Gasteiger partial charge in [-0.3, -0.25) is 0 Å². The Morgan fingerprint density at radius 1 is 1.04 bits per heavy atom. The molecule has 4 heteroatoms. The number of nitrogens with one attached hydrogen (secondary N) is 1. The summed E-state index contributed by atoms with van der Waals surface area (Å²) >= 11 is 0. The van der Waals surface area contributed by atoms with E-state index in [1.54, 1.807) is 7.11 Å². The van der Waals surface area contributed by atoms with Crippen LogP contribution in [0.3, 0.4) is 0 Å². The van der Waals surface area contributed by atoms with E-state index in [2.05, 4.69) is 63.3 Å². The van der Waals surface area contributed by atoms with Crippen molar-refractivity contribution in [2.24, 2.45) is 0 Å². The molecule has 2 aromatic rings. The standard InChI is InChI=1S/C20H28NO2P/c1-15-10-11-18(16(12-15)13-21-20(2,3)4)24-19-9-7-6-8-17(19)23-14-22-5/h6-12,21,24H,13-14H2,1-5H3. The summed E-state index contributed by atoms with van der Waals surface area (Å²) in [4.78, 5) is 0. The van der Waals surface area contributed by atoms with Gasteiger partial charge in [-0.2, -0.15) is 0 Å². The van der Waals surface area contributed by atoms with Crippen molar-refractivity contribution in [3.63, 3.8) is 0 Å². The van der Waals surface area contributed by atoms with E-state index in [0.717, 1.165) is 12.3 Å². The molecule has 1 unspecified atom stereocenters. The van der Waals surface area contributed by atoms with Crippen LogP contribution in [0.1, 0.15) is 31.9 Å². The van der Waals surface area contributed by atoms with E-state index in [9.17, 15) is 0 Å². The van der Waals surface area contributed by atoms with Gasteiger partial charge in [0.15, 0.2) is 6.79 Å². The largest absolute Gasteiger partial charge is 0.467 e. The molecule has 0 aliphatic carbocycles. The summed E-state index contributed by atoms with van der Waals surface area (Å²) in [5, 5.41) is 6.15. The molecule has 2 rings (SSSR count). The Morgan fingerprint density at radius 3 is 2.50 bits per heavy atom. The Kier molecular flexibility index (Phi) is 6.79. The van der Waals surface area contributed by atoms with Crippen LogP contribution in [0.5, 0.6) is 5.75 Å². The van der Waals surface area contributed by atoms with Crippen molar-refractivity contribution in [3.8, 4) is 5.75 Å². The van der Waals surface area contributed by atoms with Gasteiger partial charge in [0.1, 0.15) is 5.75 Å². The number of para-hydroxylation sites is 1. The third-order valence-corrected chi connectivity index (χ3v) is 5.00. The molecule has 2 aromatic carbocycles. The highest BCUT2D eigenvalue weighted by Gasteiger charge is 2.12. The molecular formula is C20H28NO2P. The number of rotatable bonds is 7. The van der Waals surface area contributed by atoms with Crippen molar-refractivity contribution in [1.82, 2.24) is 5.32 Å². The summed E-state index contributed by atoms with van der Waals surface area (Å²) in [6.45, 7) is 9.86. The molecular weight excluding hydrogens is 317 g/mol. The smallest absolute Gasteiger partial charge is 0.188 e. The monoisotopic (exact) mass is 345 g/mol. The molecule has 0 radical (unpaired) electrons. The lowest BCUT2D eigenvalue weighted by Gasteiger charge is -2.22. The lowest BCUT2D eigenvalue weighted by atomic mass is 10.1. The second kappa shape index (κ2) is 8.62. The molecule has 0 aromatic heterocycles. The quantitative estimate of drug-likeness (QED) is 0.615. The Bertz CT molecular complexity index is 665. The zero-order valence-electron chi connectivity index (χ0n) is 15.3. The highest BCUT2D eigenvalue weighted by Crippen LogP contribution is 2.22. The summed E-state index contributed by atoms with van der Waals surface area (Å²) in [7, 11) is 2.19. The number of ether oxygens (including phenoxy) is 2. The lowest BCUT2D eigenvalue weighted by Crippen LogP contribution is -2.36. The van der Waals surface area contributed by atoms with Crippen molar-refractivity contribution in [1.29, 1.82) is 0 Å². The van der Waals surface area contributed by atoms with Gasteiger partial charge < -0.3 is 14.8 Å². The predicted octanol–water partition coefficient (Wildman–Crippen LogP) is 3.50. The van der Waals surface area contributed by atoms with Gasteiger partial charge >= 0.3 is 0 Å². The molecule has 1 N–H and O–H groups in total. The van der Waals surface area contributed by atoms with Crippen molar-refractivity contribution in [2.75, 3.05) is 13.9 Å². The molecule has 130 valence electrons. The Balaban J connectivity index is 2.23. The summed E-state index contributed by atoms with van der Waals surface area (Å²) in [6.07, 6.45) is 0. The first-order chi connectivity index (χ1) is 11.4. The molecule has 24 heavy (non-hydrogen) atoms. The maximum absolute atomic E-state index is 5.71. The zero-order valence-corrected chi connectivity index (χ0v) is 16.3. The van der Waals surface area contributed by atoms with E-state index in [1.807, 2.05) is 12.1 Å². The Morgan fingerprint density at radius 2 is 1.79 bits per heavy atom. The third kappa shape index (κ3) is 5.90. The van der Waals surface area contributed by atoms with Crippen LogP contribution in [0.4, 0.5) is 0 Å². The molecule has 0 fully saturated rings. The normalized spacial score (nSPS) is 12.0. The summed E-state index contributed by atoms with van der Waals surface area (Å²) in [5.74, 6) is 0.896. The zero-order chi connectivity index (χ0) is 17.6. The molecule has 0 aliphatic rings. The molecule has 1 atom stereocenters. The third-order valence-electron chi connectivity index (χ3n) is 3.56. The molecule has 0 saturated heterocycles. The van der Waals surface area contributed by atoms with E-state index in [-0.39, 0.29) is 12.3 Å². The Hall–Kier alpha value is -1.41. The van der Waals surface area contributed by atoms with Crippen molar-refractivity contribution in [3.05, 3.63) is 53.6 Å². The maximum Gasteiger partial charge on any atom is 0.188 e. The number of hydrogen-bond acceptors (Lipinski definition) is 3. The van der Waals surface area contributed by atoms with Crippen LogP contribution in [-0.4, -0.2) is 19.4 Å². The van der Waals surface area contributed by atoms with Crippen molar-refractivity contribution in [2.45, 2.75) is 39.8 Å². The average Bonchev–Trinajstić information content (AvgIpc) is 2.53. The van der Waals surface area contributed by atoms with Gasteiger partial charge in [-0.1, -0.05) is 50.5 Å². The molecule has 0 bridgehead atoms. The molecule has 0 amide bonds. The first kappa shape index (κ1) is 18.9. The van der Waals surface area contributed by atoms with Gasteiger partial charge in [0, 0.05) is 24.5 Å². The average molecular weight is 345 g/mol. The predicted molar refractivity (Wildman–Crippen MR) is 104 cm³/mol. The first-order valence-corrected chi connectivity index (χ1v) is 9.21. The summed E-state index contributed by atoms with van der Waals surface area (Å²) in [5.41, 5.74) is 2.74. The number of aryl methyl sites for hydroxylation is 1. The second-order valence-electron chi connectivity index (χ2n) is 6.94. The fourth-order valence-electron chi connectivity index (χ4n) is 2.31. The molecule has 0 saturated carbocycles. The fraction of sp³-hybridized carbons (Fsp3) is 0.400. The van der Waals surface area contributed by atoms with E-state index in [1.165, 1.54) is 21.7 Å². The molecule has 0 heterocycles. The minimum atomic E-state index is 0.101. The van der Waals surface area contributed by atoms with Gasteiger partial charge in [0.2, 0.25) is 0 Å². The lowest BCUT2D eigenvalue weighted by molar-refractivity contribution is 0.0519. The summed E-state index contributed by atoms with van der Waals surface area (Å²) < 4.78 is 10.7. The van der Waals surface area contributed by atoms with Gasteiger partial charge in [-0.05, 0) is 44.6 Å². The molecule has 0 spiro atoms. The van der Waals surface area contributed by atoms with Crippen LogP contribution in [0.25, 0.3) is 0 Å². The SMILES string of the molecule is COCOc1ccccc1Pc1ccc(C)cc1CNC(C)(C)C. The van der Waals surface area contributed by atoms with Crippen LogP contribution in [0.2, 0.25) is 0 Å². The van der Waals surface area contributed by atoms with Crippen LogP contribution in [0, 0.1) is 6.92 Å². The van der Waals surface area contributed by atoms with E-state index in [4.69, 9.17) is 9.47 Å². The minimum absolute atomic E-state index is 0.101. The van der Waals surface area contributed by atoms with Gasteiger partial charge in [0.25, 0.3) is 0 Å². The van der Waals surface area contributed by atoms with Crippen molar-refractivity contribution < 1.29 is 9.47 Å². The number of benzene rings is 2. The van der Waals surface area contributed by atoms with E-state index >= 15 is 0 Å².